The number of nitrogens with one attached hydrogen (secondary N) is 1. The lowest BCUT2D eigenvalue weighted by atomic mass is 9.93. The molecule has 0 spiro atoms. The Hall–Kier alpha value is -1.35. The molecule has 0 aliphatic heterocycles. The quantitative estimate of drug-likeness (QED) is 0.729. The van der Waals surface area contributed by atoms with Crippen molar-refractivity contribution >= 4 is 5.91 Å². The first-order valence-corrected chi connectivity index (χ1v) is 8.11. The van der Waals surface area contributed by atoms with E-state index >= 15 is 0 Å². The minimum Gasteiger partial charge on any atom is -0.349 e. The van der Waals surface area contributed by atoms with E-state index in [0.29, 0.717) is 18.9 Å². The van der Waals surface area contributed by atoms with E-state index in [-0.39, 0.29) is 17.9 Å². The lowest BCUT2D eigenvalue weighted by Crippen LogP contribution is -2.32. The molecule has 0 saturated carbocycles. The van der Waals surface area contributed by atoms with Gasteiger partial charge in [-0.15, -0.1) is 0 Å². The molecule has 1 aromatic rings. The second-order valence-corrected chi connectivity index (χ2v) is 6.25. The van der Waals surface area contributed by atoms with Crippen molar-refractivity contribution in [2.24, 2.45) is 17.6 Å². The molecule has 3 nitrogen and oxygen atoms in total. The number of rotatable bonds is 9. The second kappa shape index (κ2) is 9.56. The zero-order valence-electron chi connectivity index (χ0n) is 13.6. The molecule has 1 rings (SSSR count). The normalized spacial score (nSPS) is 14.0. The third-order valence-corrected chi connectivity index (χ3v) is 3.73. The van der Waals surface area contributed by atoms with Crippen LogP contribution >= 0.6 is 0 Å². The van der Waals surface area contributed by atoms with E-state index in [4.69, 9.17) is 5.73 Å². The fourth-order valence-corrected chi connectivity index (χ4v) is 2.74. The smallest absolute Gasteiger partial charge is 0.220 e. The summed E-state index contributed by atoms with van der Waals surface area (Å²) in [5, 5.41) is 3.18. The highest BCUT2D eigenvalue weighted by molar-refractivity contribution is 5.76. The molecule has 1 amide bonds. The van der Waals surface area contributed by atoms with Crippen LogP contribution < -0.4 is 11.1 Å². The van der Waals surface area contributed by atoms with Crippen molar-refractivity contribution in [3.8, 4) is 0 Å². The van der Waals surface area contributed by atoms with Gasteiger partial charge in [-0.05, 0) is 36.8 Å². The highest BCUT2D eigenvalue weighted by Crippen LogP contribution is 2.20. The number of carbonyl (C=O) groups is 1. The highest BCUT2D eigenvalue weighted by Gasteiger charge is 2.17. The molecule has 0 radical (unpaired) electrons. The average molecular weight is 290 g/mol. The van der Waals surface area contributed by atoms with Crippen molar-refractivity contribution in [3.63, 3.8) is 0 Å². The van der Waals surface area contributed by atoms with Crippen LogP contribution in [0, 0.1) is 11.8 Å². The van der Waals surface area contributed by atoms with Gasteiger partial charge in [0.05, 0.1) is 6.04 Å². The van der Waals surface area contributed by atoms with Gasteiger partial charge in [-0.25, -0.2) is 0 Å². The van der Waals surface area contributed by atoms with Crippen LogP contribution in [-0.2, 0) is 4.79 Å². The Morgan fingerprint density at radius 1 is 1.24 bits per heavy atom. The Morgan fingerprint density at radius 2 is 1.90 bits per heavy atom. The predicted molar refractivity (Wildman–Crippen MR) is 88.9 cm³/mol. The summed E-state index contributed by atoms with van der Waals surface area (Å²) in [4.78, 5) is 12.3. The number of nitrogens with two attached hydrogens (primary N) is 1. The molecular formula is C18H30N2O. The van der Waals surface area contributed by atoms with Crippen LogP contribution in [0.4, 0.5) is 0 Å². The van der Waals surface area contributed by atoms with Gasteiger partial charge in [0.2, 0.25) is 5.91 Å². The van der Waals surface area contributed by atoms with Crippen molar-refractivity contribution < 1.29 is 4.79 Å². The molecule has 0 fully saturated rings. The van der Waals surface area contributed by atoms with Gasteiger partial charge in [-0.2, -0.15) is 0 Å². The monoisotopic (exact) mass is 290 g/mol. The molecule has 3 N–H and O–H groups in total. The summed E-state index contributed by atoms with van der Waals surface area (Å²) in [7, 11) is 0. The van der Waals surface area contributed by atoms with Gasteiger partial charge in [-0.3, -0.25) is 4.79 Å². The lowest BCUT2D eigenvalue weighted by Gasteiger charge is -2.21. The molecule has 2 atom stereocenters. The second-order valence-electron chi connectivity index (χ2n) is 6.25. The summed E-state index contributed by atoms with van der Waals surface area (Å²) in [5.41, 5.74) is 6.97. The van der Waals surface area contributed by atoms with E-state index in [1.54, 1.807) is 0 Å². The molecule has 0 heterocycles. The predicted octanol–water partition coefficient (Wildman–Crippen LogP) is 3.66. The number of benzene rings is 1. The van der Waals surface area contributed by atoms with Crippen molar-refractivity contribution in [3.05, 3.63) is 35.9 Å². The maximum absolute atomic E-state index is 12.3. The van der Waals surface area contributed by atoms with Gasteiger partial charge >= 0.3 is 0 Å². The van der Waals surface area contributed by atoms with E-state index in [0.717, 1.165) is 19.3 Å². The van der Waals surface area contributed by atoms with Crippen LogP contribution in [0.25, 0.3) is 0 Å². The number of amides is 1. The summed E-state index contributed by atoms with van der Waals surface area (Å²) in [5.74, 6) is 0.975. The zero-order chi connectivity index (χ0) is 15.7. The van der Waals surface area contributed by atoms with Gasteiger partial charge in [0, 0.05) is 6.42 Å². The van der Waals surface area contributed by atoms with E-state index < -0.39 is 0 Å². The molecule has 0 aliphatic carbocycles. The van der Waals surface area contributed by atoms with Gasteiger partial charge in [-0.1, -0.05) is 57.5 Å². The Labute approximate surface area is 129 Å². The first-order chi connectivity index (χ1) is 10.1. The van der Waals surface area contributed by atoms with Crippen molar-refractivity contribution in [1.82, 2.24) is 5.32 Å². The van der Waals surface area contributed by atoms with Gasteiger partial charge in [0.25, 0.3) is 0 Å². The Morgan fingerprint density at radius 3 is 2.43 bits per heavy atom. The van der Waals surface area contributed by atoms with Gasteiger partial charge in [0.15, 0.2) is 0 Å². The molecule has 0 saturated heterocycles. The summed E-state index contributed by atoms with van der Waals surface area (Å²) in [6.07, 6.45) is 3.55. The number of hydrogen-bond donors (Lipinski definition) is 2. The third kappa shape index (κ3) is 6.76. The van der Waals surface area contributed by atoms with Crippen LogP contribution in [-0.4, -0.2) is 12.5 Å². The van der Waals surface area contributed by atoms with Crippen LogP contribution in [0.1, 0.15) is 58.1 Å². The average Bonchev–Trinajstić information content (AvgIpc) is 2.46. The molecule has 118 valence electrons. The SMILES string of the molecule is CCCC(NC(=O)C[C@@H](CN)CC(C)C)c1ccccc1. The first kappa shape index (κ1) is 17.7. The van der Waals surface area contributed by atoms with Crippen molar-refractivity contribution in [1.29, 1.82) is 0 Å². The molecule has 0 aromatic heterocycles. The van der Waals surface area contributed by atoms with Crippen molar-refractivity contribution in [2.75, 3.05) is 6.54 Å². The summed E-state index contributed by atoms with van der Waals surface area (Å²) in [6.45, 7) is 7.06. The Bertz CT molecular complexity index is 403. The zero-order valence-corrected chi connectivity index (χ0v) is 13.6. The van der Waals surface area contributed by atoms with E-state index in [2.05, 4.69) is 38.2 Å². The summed E-state index contributed by atoms with van der Waals surface area (Å²) < 4.78 is 0. The van der Waals surface area contributed by atoms with Crippen molar-refractivity contribution in [2.45, 2.75) is 52.5 Å². The maximum Gasteiger partial charge on any atom is 0.220 e. The lowest BCUT2D eigenvalue weighted by molar-refractivity contribution is -0.122. The molecule has 1 unspecified atom stereocenters. The Balaban J connectivity index is 2.60. The third-order valence-electron chi connectivity index (χ3n) is 3.73. The minimum atomic E-state index is 0.112. The fourth-order valence-electron chi connectivity index (χ4n) is 2.74. The van der Waals surface area contributed by atoms with E-state index in [9.17, 15) is 4.79 Å². The highest BCUT2D eigenvalue weighted by atomic mass is 16.1. The summed E-state index contributed by atoms with van der Waals surface area (Å²) in [6, 6.07) is 10.3. The number of hydrogen-bond acceptors (Lipinski definition) is 2. The van der Waals surface area contributed by atoms with E-state index in [1.165, 1.54) is 5.56 Å². The topological polar surface area (TPSA) is 55.1 Å². The first-order valence-electron chi connectivity index (χ1n) is 8.11. The molecular weight excluding hydrogens is 260 g/mol. The molecule has 0 aliphatic rings. The van der Waals surface area contributed by atoms with Crippen LogP contribution in [0.5, 0.6) is 0 Å². The molecule has 1 aromatic carbocycles. The fraction of sp³-hybridized carbons (Fsp3) is 0.611. The standard InChI is InChI=1S/C18H30N2O/c1-4-8-17(16-9-6-5-7-10-16)20-18(21)12-15(13-19)11-14(2)3/h5-7,9-10,14-15,17H,4,8,11-13,19H2,1-3H3,(H,20,21)/t15-,17?/m0/s1. The van der Waals surface area contributed by atoms with E-state index in [1.807, 2.05) is 18.2 Å². The number of carbonyl (C=O) groups excluding carboxylic acids is 1. The van der Waals surface area contributed by atoms with Crippen LogP contribution in [0.15, 0.2) is 30.3 Å². The molecule has 21 heavy (non-hydrogen) atoms. The summed E-state index contributed by atoms with van der Waals surface area (Å²) >= 11 is 0. The Kier molecular flexibility index (Phi) is 8.06. The maximum atomic E-state index is 12.3. The minimum absolute atomic E-state index is 0.112. The molecule has 0 bridgehead atoms. The largest absolute Gasteiger partial charge is 0.349 e. The van der Waals surface area contributed by atoms with Crippen LogP contribution in [0.3, 0.4) is 0 Å². The van der Waals surface area contributed by atoms with Gasteiger partial charge in [0.1, 0.15) is 0 Å². The van der Waals surface area contributed by atoms with Crippen LogP contribution in [0.2, 0.25) is 0 Å². The molecule has 3 heteroatoms. The van der Waals surface area contributed by atoms with Gasteiger partial charge < -0.3 is 11.1 Å².